The standard InChI is InChI=1S/C18H12Cl2FNO3S/c19-11-3-1-10(2-4-11)8-22-15(23)9-25-18(24)17-16(20)13-6-5-12(21)7-14(13)26-17/h1-7H,8-9H2,(H,22,23). The van der Waals surface area contributed by atoms with E-state index in [-0.39, 0.29) is 16.4 Å². The largest absolute Gasteiger partial charge is 0.451 e. The van der Waals surface area contributed by atoms with Crippen LogP contribution in [0.15, 0.2) is 42.5 Å². The summed E-state index contributed by atoms with van der Waals surface area (Å²) >= 11 is 13.0. The molecular formula is C18H12Cl2FNO3S. The summed E-state index contributed by atoms with van der Waals surface area (Å²) < 4.78 is 18.8. The van der Waals surface area contributed by atoms with E-state index in [9.17, 15) is 14.0 Å². The van der Waals surface area contributed by atoms with E-state index >= 15 is 0 Å². The van der Waals surface area contributed by atoms with Crippen molar-refractivity contribution in [3.05, 3.63) is 68.8 Å². The molecule has 26 heavy (non-hydrogen) atoms. The van der Waals surface area contributed by atoms with Crippen molar-refractivity contribution in [2.45, 2.75) is 6.54 Å². The molecule has 0 bridgehead atoms. The minimum absolute atomic E-state index is 0.137. The Kier molecular flexibility index (Phi) is 5.76. The van der Waals surface area contributed by atoms with Gasteiger partial charge in [0, 0.05) is 21.7 Å². The first-order valence-corrected chi connectivity index (χ1v) is 9.07. The molecule has 0 saturated heterocycles. The number of fused-ring (bicyclic) bond motifs is 1. The molecule has 0 aliphatic carbocycles. The Morgan fingerprint density at radius 1 is 1.12 bits per heavy atom. The second-order valence-electron chi connectivity index (χ2n) is 5.36. The summed E-state index contributed by atoms with van der Waals surface area (Å²) in [4.78, 5) is 24.1. The molecule has 0 spiro atoms. The highest BCUT2D eigenvalue weighted by Crippen LogP contribution is 2.36. The highest BCUT2D eigenvalue weighted by atomic mass is 35.5. The first kappa shape index (κ1) is 18.6. The van der Waals surface area contributed by atoms with E-state index in [0.29, 0.717) is 15.1 Å². The maximum atomic E-state index is 13.3. The summed E-state index contributed by atoms with van der Waals surface area (Å²) in [6.07, 6.45) is 0. The number of halogens is 3. The molecule has 0 radical (unpaired) electrons. The molecule has 3 rings (SSSR count). The molecule has 1 amide bonds. The Morgan fingerprint density at radius 3 is 2.58 bits per heavy atom. The van der Waals surface area contributed by atoms with Crippen LogP contribution in [0.3, 0.4) is 0 Å². The summed E-state index contributed by atoms with van der Waals surface area (Å²) in [6.45, 7) is -0.151. The average Bonchev–Trinajstić information content (AvgIpc) is 2.95. The quantitative estimate of drug-likeness (QED) is 0.612. The van der Waals surface area contributed by atoms with Gasteiger partial charge in [-0.1, -0.05) is 35.3 Å². The number of benzene rings is 2. The fourth-order valence-corrected chi connectivity index (χ4v) is 3.77. The van der Waals surface area contributed by atoms with Gasteiger partial charge in [0.25, 0.3) is 5.91 Å². The van der Waals surface area contributed by atoms with Gasteiger partial charge in [-0.3, -0.25) is 4.79 Å². The lowest BCUT2D eigenvalue weighted by Gasteiger charge is -2.06. The lowest BCUT2D eigenvalue weighted by atomic mass is 10.2. The third-order valence-electron chi connectivity index (χ3n) is 3.51. The maximum absolute atomic E-state index is 13.3. The highest BCUT2D eigenvalue weighted by molar-refractivity contribution is 7.21. The van der Waals surface area contributed by atoms with Crippen molar-refractivity contribution >= 4 is 56.5 Å². The van der Waals surface area contributed by atoms with Crippen molar-refractivity contribution in [2.24, 2.45) is 0 Å². The van der Waals surface area contributed by atoms with Crippen molar-refractivity contribution in [1.29, 1.82) is 0 Å². The van der Waals surface area contributed by atoms with Crippen molar-refractivity contribution in [2.75, 3.05) is 6.61 Å². The van der Waals surface area contributed by atoms with Crippen LogP contribution in [-0.4, -0.2) is 18.5 Å². The van der Waals surface area contributed by atoms with Crippen LogP contribution < -0.4 is 5.32 Å². The van der Waals surface area contributed by atoms with Crippen LogP contribution in [0.2, 0.25) is 10.0 Å². The number of thiophene rings is 1. The van der Waals surface area contributed by atoms with Gasteiger partial charge in [0.15, 0.2) is 6.61 Å². The van der Waals surface area contributed by atoms with Crippen molar-refractivity contribution in [3.8, 4) is 0 Å². The predicted octanol–water partition coefficient (Wildman–Crippen LogP) is 4.82. The Balaban J connectivity index is 1.57. The lowest BCUT2D eigenvalue weighted by Crippen LogP contribution is -2.28. The molecule has 0 unspecified atom stereocenters. The Labute approximate surface area is 162 Å². The minimum Gasteiger partial charge on any atom is -0.451 e. The van der Waals surface area contributed by atoms with Gasteiger partial charge in [0.1, 0.15) is 10.7 Å². The number of amides is 1. The first-order chi connectivity index (χ1) is 12.4. The van der Waals surface area contributed by atoms with Gasteiger partial charge in [-0.05, 0) is 35.9 Å². The molecule has 3 aromatic rings. The third kappa shape index (κ3) is 4.33. The van der Waals surface area contributed by atoms with E-state index in [4.69, 9.17) is 27.9 Å². The summed E-state index contributed by atoms with van der Waals surface area (Å²) in [5.41, 5.74) is 0.864. The van der Waals surface area contributed by atoms with Gasteiger partial charge in [-0.15, -0.1) is 11.3 Å². The van der Waals surface area contributed by atoms with Crippen LogP contribution >= 0.6 is 34.5 Å². The Bertz CT molecular complexity index is 972. The van der Waals surface area contributed by atoms with E-state index in [2.05, 4.69) is 5.32 Å². The Hall–Kier alpha value is -2.15. The van der Waals surface area contributed by atoms with Crippen molar-refractivity contribution < 1.29 is 18.7 Å². The average molecular weight is 412 g/mol. The zero-order valence-electron chi connectivity index (χ0n) is 13.2. The highest BCUT2D eigenvalue weighted by Gasteiger charge is 2.19. The molecule has 2 aromatic carbocycles. The maximum Gasteiger partial charge on any atom is 0.350 e. The Morgan fingerprint density at radius 2 is 1.85 bits per heavy atom. The van der Waals surface area contributed by atoms with Crippen molar-refractivity contribution in [1.82, 2.24) is 5.32 Å². The van der Waals surface area contributed by atoms with E-state index < -0.39 is 24.3 Å². The van der Waals surface area contributed by atoms with E-state index in [1.165, 1.54) is 18.2 Å². The number of hydrogen-bond acceptors (Lipinski definition) is 4. The smallest absolute Gasteiger partial charge is 0.350 e. The number of carbonyl (C=O) groups is 2. The monoisotopic (exact) mass is 411 g/mol. The van der Waals surface area contributed by atoms with Gasteiger partial charge >= 0.3 is 5.97 Å². The summed E-state index contributed by atoms with van der Waals surface area (Å²) in [5.74, 6) is -1.59. The zero-order chi connectivity index (χ0) is 18.7. The van der Waals surface area contributed by atoms with E-state index in [0.717, 1.165) is 16.9 Å². The molecule has 4 nitrogen and oxygen atoms in total. The van der Waals surface area contributed by atoms with Gasteiger partial charge in [-0.2, -0.15) is 0 Å². The topological polar surface area (TPSA) is 55.4 Å². The molecule has 0 aliphatic rings. The van der Waals surface area contributed by atoms with Gasteiger partial charge in [0.05, 0.1) is 5.02 Å². The van der Waals surface area contributed by atoms with Crippen LogP contribution in [0.1, 0.15) is 15.2 Å². The number of carbonyl (C=O) groups excluding carboxylic acids is 2. The molecule has 0 fully saturated rings. The lowest BCUT2D eigenvalue weighted by molar-refractivity contribution is -0.124. The second kappa shape index (κ2) is 8.03. The number of nitrogens with one attached hydrogen (secondary N) is 1. The second-order valence-corrected chi connectivity index (χ2v) is 7.23. The van der Waals surface area contributed by atoms with Crippen LogP contribution in [-0.2, 0) is 16.1 Å². The normalized spacial score (nSPS) is 10.7. The molecule has 134 valence electrons. The fourth-order valence-electron chi connectivity index (χ4n) is 2.22. The zero-order valence-corrected chi connectivity index (χ0v) is 15.6. The molecule has 1 aromatic heterocycles. The molecular weight excluding hydrogens is 400 g/mol. The third-order valence-corrected chi connectivity index (χ3v) is 5.40. The first-order valence-electron chi connectivity index (χ1n) is 7.50. The molecule has 8 heteroatoms. The number of hydrogen-bond donors (Lipinski definition) is 1. The van der Waals surface area contributed by atoms with E-state index in [1.54, 1.807) is 24.3 Å². The van der Waals surface area contributed by atoms with Crippen LogP contribution in [0.25, 0.3) is 10.1 Å². The van der Waals surface area contributed by atoms with Crippen LogP contribution in [0.5, 0.6) is 0 Å². The number of esters is 1. The molecule has 0 atom stereocenters. The summed E-state index contributed by atoms with van der Waals surface area (Å²) in [5, 5.41) is 4.00. The molecule has 0 saturated carbocycles. The predicted molar refractivity (Wildman–Crippen MR) is 100 cm³/mol. The fraction of sp³-hybridized carbons (Fsp3) is 0.111. The number of ether oxygens (including phenoxy) is 1. The number of rotatable bonds is 5. The van der Waals surface area contributed by atoms with Gasteiger partial charge < -0.3 is 10.1 Å². The van der Waals surface area contributed by atoms with Crippen molar-refractivity contribution in [3.63, 3.8) is 0 Å². The minimum atomic E-state index is -0.724. The van der Waals surface area contributed by atoms with Gasteiger partial charge in [-0.25, -0.2) is 9.18 Å². The molecule has 0 aliphatic heterocycles. The van der Waals surface area contributed by atoms with Crippen LogP contribution in [0.4, 0.5) is 4.39 Å². The van der Waals surface area contributed by atoms with Crippen LogP contribution in [0, 0.1) is 5.82 Å². The molecule has 1 N–H and O–H groups in total. The summed E-state index contributed by atoms with van der Waals surface area (Å²) in [6, 6.07) is 11.1. The SMILES string of the molecule is O=C(COC(=O)c1sc2cc(F)ccc2c1Cl)NCc1ccc(Cl)cc1. The molecule has 1 heterocycles. The van der Waals surface area contributed by atoms with Gasteiger partial charge in [0.2, 0.25) is 0 Å². The summed E-state index contributed by atoms with van der Waals surface area (Å²) in [7, 11) is 0. The van der Waals surface area contributed by atoms with E-state index in [1.807, 2.05) is 0 Å².